The summed E-state index contributed by atoms with van der Waals surface area (Å²) < 4.78 is 0.580. The largest absolute Gasteiger partial charge is 0.225 e. The van der Waals surface area contributed by atoms with Gasteiger partial charge in [-0.05, 0) is 13.8 Å². The summed E-state index contributed by atoms with van der Waals surface area (Å²) in [5.41, 5.74) is 2.00. The molecule has 0 N–H and O–H groups in total. The summed E-state index contributed by atoms with van der Waals surface area (Å²) in [7, 11) is 0. The van der Waals surface area contributed by atoms with E-state index in [9.17, 15) is 0 Å². The minimum absolute atomic E-state index is 0.580. The molecule has 0 radical (unpaired) electrons. The second kappa shape index (κ2) is 9.37. The van der Waals surface area contributed by atoms with Gasteiger partial charge in [0, 0.05) is 11.0 Å². The maximum atomic E-state index is 5.78. The lowest BCUT2D eigenvalue weighted by Crippen LogP contribution is -1.79. The van der Waals surface area contributed by atoms with Gasteiger partial charge in [0.1, 0.15) is 0 Å². The zero-order chi connectivity index (χ0) is 12.4. The van der Waals surface area contributed by atoms with Crippen LogP contribution in [0.2, 0.25) is 4.47 Å². The summed E-state index contributed by atoms with van der Waals surface area (Å²) in [5.74, 6) is 0. The summed E-state index contributed by atoms with van der Waals surface area (Å²) in [4.78, 5) is 4.21. The van der Waals surface area contributed by atoms with Gasteiger partial charge in [0.25, 0.3) is 0 Å². The SMILES string of the molecule is CC.C\C=C/C=C(\C=C/C)c1csc(Cl)n1. The molecule has 0 atom stereocenters. The number of halogens is 1. The topological polar surface area (TPSA) is 12.9 Å². The summed E-state index contributed by atoms with van der Waals surface area (Å²) >= 11 is 7.22. The molecule has 88 valence electrons. The van der Waals surface area contributed by atoms with E-state index < -0.39 is 0 Å². The van der Waals surface area contributed by atoms with Crippen LogP contribution in [-0.4, -0.2) is 4.98 Å². The van der Waals surface area contributed by atoms with Crippen LogP contribution in [0.3, 0.4) is 0 Å². The molecule has 0 unspecified atom stereocenters. The Hall–Kier alpha value is -0.860. The molecule has 0 aliphatic heterocycles. The average molecular weight is 256 g/mol. The summed E-state index contributed by atoms with van der Waals surface area (Å²) in [6.07, 6.45) is 10.00. The molecule has 3 heteroatoms. The van der Waals surface area contributed by atoms with Gasteiger partial charge in [-0.25, -0.2) is 4.98 Å². The Morgan fingerprint density at radius 3 is 2.44 bits per heavy atom. The highest BCUT2D eigenvalue weighted by molar-refractivity contribution is 7.14. The van der Waals surface area contributed by atoms with E-state index in [2.05, 4.69) is 4.98 Å². The van der Waals surface area contributed by atoms with Crippen LogP contribution in [0.1, 0.15) is 33.4 Å². The molecular weight excluding hydrogens is 238 g/mol. The van der Waals surface area contributed by atoms with Crippen molar-refractivity contribution in [3.8, 4) is 0 Å². The molecule has 1 rings (SSSR count). The van der Waals surface area contributed by atoms with E-state index >= 15 is 0 Å². The van der Waals surface area contributed by atoms with Gasteiger partial charge in [-0.1, -0.05) is 55.8 Å². The van der Waals surface area contributed by atoms with E-state index in [1.165, 1.54) is 11.3 Å². The molecule has 0 fully saturated rings. The van der Waals surface area contributed by atoms with Crippen LogP contribution >= 0.6 is 22.9 Å². The maximum Gasteiger partial charge on any atom is 0.184 e. The van der Waals surface area contributed by atoms with Crippen molar-refractivity contribution in [2.75, 3.05) is 0 Å². The number of rotatable bonds is 3. The number of allylic oxidation sites excluding steroid dienone is 6. The predicted molar refractivity (Wildman–Crippen MR) is 76.1 cm³/mol. The smallest absolute Gasteiger partial charge is 0.184 e. The van der Waals surface area contributed by atoms with Gasteiger partial charge in [0.2, 0.25) is 0 Å². The number of hydrogen-bond donors (Lipinski definition) is 0. The Bertz CT molecular complexity index is 375. The van der Waals surface area contributed by atoms with E-state index in [4.69, 9.17) is 11.6 Å². The average Bonchev–Trinajstić information content (AvgIpc) is 2.74. The van der Waals surface area contributed by atoms with Gasteiger partial charge >= 0.3 is 0 Å². The van der Waals surface area contributed by atoms with Crippen molar-refractivity contribution in [2.24, 2.45) is 0 Å². The summed E-state index contributed by atoms with van der Waals surface area (Å²) in [6, 6.07) is 0. The van der Waals surface area contributed by atoms with Gasteiger partial charge in [0.15, 0.2) is 4.47 Å². The number of thiazole rings is 1. The van der Waals surface area contributed by atoms with Crippen molar-refractivity contribution in [3.63, 3.8) is 0 Å². The molecule has 0 bridgehead atoms. The minimum atomic E-state index is 0.580. The molecule has 0 saturated carbocycles. The van der Waals surface area contributed by atoms with E-state index in [1.54, 1.807) is 0 Å². The van der Waals surface area contributed by atoms with Gasteiger partial charge < -0.3 is 0 Å². The summed E-state index contributed by atoms with van der Waals surface area (Å²) in [5, 5.41) is 1.96. The number of nitrogens with zero attached hydrogens (tertiary/aromatic N) is 1. The Balaban J connectivity index is 0.00000106. The first kappa shape index (κ1) is 15.1. The fourth-order valence-electron chi connectivity index (χ4n) is 0.990. The van der Waals surface area contributed by atoms with Gasteiger partial charge in [0.05, 0.1) is 5.69 Å². The molecule has 16 heavy (non-hydrogen) atoms. The monoisotopic (exact) mass is 255 g/mol. The molecular formula is C13H18ClNS. The third-order valence-corrected chi connectivity index (χ3v) is 2.57. The van der Waals surface area contributed by atoms with E-state index in [1.807, 2.05) is 63.5 Å². The van der Waals surface area contributed by atoms with Crippen LogP contribution in [0.15, 0.2) is 35.8 Å². The van der Waals surface area contributed by atoms with E-state index in [-0.39, 0.29) is 0 Å². The summed E-state index contributed by atoms with van der Waals surface area (Å²) in [6.45, 7) is 7.97. The quantitative estimate of drug-likeness (QED) is 0.663. The zero-order valence-corrected chi connectivity index (χ0v) is 11.8. The standard InChI is InChI=1S/C11H12ClNS.C2H6/c1-3-5-7-9(6-4-2)10-8-14-11(12)13-10;1-2/h3-8H,1-2H3;1-2H3/b5-3-,6-4-,9-7+;. The molecule has 0 amide bonds. The first-order valence-electron chi connectivity index (χ1n) is 5.35. The Labute approximate surface area is 107 Å². The third kappa shape index (κ3) is 5.29. The number of hydrogen-bond acceptors (Lipinski definition) is 2. The van der Waals surface area contributed by atoms with Crippen LogP contribution in [-0.2, 0) is 0 Å². The van der Waals surface area contributed by atoms with Crippen LogP contribution < -0.4 is 0 Å². The van der Waals surface area contributed by atoms with Gasteiger partial charge in [-0.3, -0.25) is 0 Å². The second-order valence-electron chi connectivity index (χ2n) is 2.63. The molecule has 0 spiro atoms. The second-order valence-corrected chi connectivity index (χ2v) is 4.07. The van der Waals surface area contributed by atoms with Crippen molar-refractivity contribution < 1.29 is 0 Å². The van der Waals surface area contributed by atoms with Gasteiger partial charge in [-0.2, -0.15) is 0 Å². The van der Waals surface area contributed by atoms with E-state index in [0.29, 0.717) is 4.47 Å². The lowest BCUT2D eigenvalue weighted by Gasteiger charge is -1.94. The maximum absolute atomic E-state index is 5.78. The van der Waals surface area contributed by atoms with Crippen LogP contribution in [0.25, 0.3) is 5.57 Å². The Morgan fingerprint density at radius 2 is 2.00 bits per heavy atom. The first-order valence-corrected chi connectivity index (χ1v) is 6.60. The van der Waals surface area contributed by atoms with Crippen LogP contribution in [0.5, 0.6) is 0 Å². The molecule has 0 saturated heterocycles. The predicted octanol–water partition coefficient (Wildman–Crippen LogP) is 5.36. The zero-order valence-electron chi connectivity index (χ0n) is 10.2. The van der Waals surface area contributed by atoms with Gasteiger partial charge in [-0.15, -0.1) is 11.3 Å². The van der Waals surface area contributed by atoms with Crippen molar-refractivity contribution in [2.45, 2.75) is 27.7 Å². The van der Waals surface area contributed by atoms with Crippen molar-refractivity contribution in [1.29, 1.82) is 0 Å². The van der Waals surface area contributed by atoms with Crippen molar-refractivity contribution in [3.05, 3.63) is 45.9 Å². The highest BCUT2D eigenvalue weighted by atomic mass is 35.5. The number of aromatic nitrogens is 1. The van der Waals surface area contributed by atoms with Crippen molar-refractivity contribution >= 4 is 28.5 Å². The molecule has 0 aliphatic rings. The highest BCUT2D eigenvalue weighted by Crippen LogP contribution is 2.22. The van der Waals surface area contributed by atoms with E-state index in [0.717, 1.165) is 11.3 Å². The molecule has 1 nitrogen and oxygen atoms in total. The molecule has 0 aromatic carbocycles. The van der Waals surface area contributed by atoms with Crippen molar-refractivity contribution in [1.82, 2.24) is 4.98 Å². The molecule has 1 heterocycles. The third-order valence-electron chi connectivity index (χ3n) is 1.59. The Kier molecular flexibility index (Phi) is 8.87. The molecule has 0 aliphatic carbocycles. The Morgan fingerprint density at radius 1 is 1.31 bits per heavy atom. The fourth-order valence-corrected chi connectivity index (χ4v) is 1.76. The highest BCUT2D eigenvalue weighted by Gasteiger charge is 2.01. The lowest BCUT2D eigenvalue weighted by atomic mass is 10.2. The molecule has 1 aromatic heterocycles. The van der Waals surface area contributed by atoms with Crippen LogP contribution in [0.4, 0.5) is 0 Å². The first-order chi connectivity index (χ1) is 7.77. The molecule has 1 aromatic rings. The minimum Gasteiger partial charge on any atom is -0.225 e. The van der Waals surface area contributed by atoms with Crippen LogP contribution in [0, 0.1) is 0 Å². The lowest BCUT2D eigenvalue weighted by molar-refractivity contribution is 1.36. The fraction of sp³-hybridized carbons (Fsp3) is 0.308. The normalized spacial score (nSPS) is 11.9.